The van der Waals surface area contributed by atoms with Gasteiger partial charge in [-0.15, -0.1) is 0 Å². The van der Waals surface area contributed by atoms with Gasteiger partial charge in [0.1, 0.15) is 11.6 Å². The van der Waals surface area contributed by atoms with E-state index in [4.69, 9.17) is 4.74 Å². The summed E-state index contributed by atoms with van der Waals surface area (Å²) in [7, 11) is 1.63. The van der Waals surface area contributed by atoms with Gasteiger partial charge in [-0.1, -0.05) is 17.7 Å². The largest absolute Gasteiger partial charge is 0.495 e. The molecule has 0 aliphatic heterocycles. The zero-order valence-electron chi connectivity index (χ0n) is 16.0. The summed E-state index contributed by atoms with van der Waals surface area (Å²) in [6.45, 7) is 2.69. The summed E-state index contributed by atoms with van der Waals surface area (Å²) in [6, 6.07) is 9.38. The Bertz CT molecular complexity index is 830. The van der Waals surface area contributed by atoms with Crippen molar-refractivity contribution in [2.24, 2.45) is 0 Å². The monoisotopic (exact) mass is 365 g/mol. The predicted octanol–water partition coefficient (Wildman–Crippen LogP) is 4.76. The summed E-state index contributed by atoms with van der Waals surface area (Å²) < 4.78 is 5.39. The number of hydrogen-bond donors (Lipinski definition) is 2. The number of methoxy groups -OCH3 is 1. The second kappa shape index (κ2) is 9.21. The van der Waals surface area contributed by atoms with Crippen LogP contribution < -0.4 is 15.4 Å². The highest BCUT2D eigenvalue weighted by Crippen LogP contribution is 2.28. The van der Waals surface area contributed by atoms with E-state index < -0.39 is 0 Å². The third-order valence-electron chi connectivity index (χ3n) is 4.76. The van der Waals surface area contributed by atoms with Crippen LogP contribution in [0.1, 0.15) is 48.0 Å². The van der Waals surface area contributed by atoms with Crippen LogP contribution in [0.5, 0.6) is 5.75 Å². The van der Waals surface area contributed by atoms with Crippen molar-refractivity contribution in [3.8, 4) is 5.75 Å². The van der Waals surface area contributed by atoms with Gasteiger partial charge in [-0.05, 0) is 68.9 Å². The molecule has 0 unspecified atom stereocenters. The van der Waals surface area contributed by atoms with Crippen molar-refractivity contribution in [3.05, 3.63) is 59.3 Å². The lowest BCUT2D eigenvalue weighted by atomic mass is 9.97. The van der Waals surface area contributed by atoms with E-state index in [1.54, 1.807) is 25.4 Å². The number of ether oxygens (including phenoxy) is 1. The van der Waals surface area contributed by atoms with Gasteiger partial charge in [0.05, 0.1) is 12.8 Å². The van der Waals surface area contributed by atoms with Gasteiger partial charge in [-0.3, -0.25) is 4.79 Å². The highest BCUT2D eigenvalue weighted by Gasteiger charge is 2.10. The molecule has 5 nitrogen and oxygen atoms in total. The minimum absolute atomic E-state index is 0.0759. The summed E-state index contributed by atoms with van der Waals surface area (Å²) >= 11 is 0. The first-order valence-electron chi connectivity index (χ1n) is 9.49. The Morgan fingerprint density at radius 3 is 2.89 bits per heavy atom. The highest BCUT2D eigenvalue weighted by atomic mass is 16.5. The van der Waals surface area contributed by atoms with E-state index in [0.717, 1.165) is 29.8 Å². The number of nitrogens with zero attached hydrogens (tertiary/aromatic N) is 1. The molecule has 2 aromatic rings. The Morgan fingerprint density at radius 1 is 1.22 bits per heavy atom. The number of carbonyl (C=O) groups is 1. The number of aryl methyl sites for hydroxylation is 1. The fraction of sp³-hybridized carbons (Fsp3) is 0.364. The molecule has 1 aliphatic rings. The maximum Gasteiger partial charge on any atom is 0.251 e. The molecular formula is C22H27N3O2. The summed E-state index contributed by atoms with van der Waals surface area (Å²) in [6.07, 6.45) is 9.78. The molecule has 0 saturated carbocycles. The number of amides is 1. The quantitative estimate of drug-likeness (QED) is 0.694. The number of anilines is 2. The van der Waals surface area contributed by atoms with E-state index in [0.29, 0.717) is 17.9 Å². The Labute approximate surface area is 160 Å². The van der Waals surface area contributed by atoms with Crippen LogP contribution in [0.3, 0.4) is 0 Å². The van der Waals surface area contributed by atoms with Crippen LogP contribution in [0.4, 0.5) is 11.5 Å². The Balaban J connectivity index is 1.62. The maximum atomic E-state index is 12.5. The van der Waals surface area contributed by atoms with E-state index in [1.165, 1.54) is 24.8 Å². The molecule has 0 atom stereocenters. The molecule has 27 heavy (non-hydrogen) atoms. The highest BCUT2D eigenvalue weighted by molar-refractivity contribution is 5.95. The van der Waals surface area contributed by atoms with Crippen molar-refractivity contribution in [2.45, 2.75) is 39.0 Å². The average molecular weight is 365 g/mol. The summed E-state index contributed by atoms with van der Waals surface area (Å²) in [5.41, 5.74) is 4.00. The van der Waals surface area contributed by atoms with Crippen molar-refractivity contribution in [2.75, 3.05) is 19.0 Å². The number of hydrogen-bond acceptors (Lipinski definition) is 4. The van der Waals surface area contributed by atoms with Gasteiger partial charge in [-0.25, -0.2) is 4.98 Å². The van der Waals surface area contributed by atoms with E-state index in [1.807, 2.05) is 25.1 Å². The van der Waals surface area contributed by atoms with Crippen LogP contribution in [0.2, 0.25) is 0 Å². The molecule has 2 N–H and O–H groups in total. The van der Waals surface area contributed by atoms with Crippen molar-refractivity contribution in [1.29, 1.82) is 0 Å². The summed E-state index contributed by atoms with van der Waals surface area (Å²) in [5.74, 6) is 1.27. The molecule has 0 saturated heterocycles. The van der Waals surface area contributed by atoms with E-state index in [9.17, 15) is 4.79 Å². The van der Waals surface area contributed by atoms with Gasteiger partial charge in [0.25, 0.3) is 5.91 Å². The Hall–Kier alpha value is -2.82. The van der Waals surface area contributed by atoms with Gasteiger partial charge in [0.2, 0.25) is 0 Å². The molecule has 0 radical (unpaired) electrons. The van der Waals surface area contributed by atoms with Crippen molar-refractivity contribution in [1.82, 2.24) is 10.3 Å². The number of allylic oxidation sites excluding steroid dienone is 1. The first-order chi connectivity index (χ1) is 13.2. The zero-order valence-corrected chi connectivity index (χ0v) is 16.0. The SMILES string of the molecule is COc1ccc(C)cc1Nc1cc(C(=O)NCCC2=CCCCC2)ccn1. The van der Waals surface area contributed by atoms with Crippen LogP contribution >= 0.6 is 0 Å². The summed E-state index contributed by atoms with van der Waals surface area (Å²) in [5, 5.41) is 6.25. The van der Waals surface area contributed by atoms with Crippen LogP contribution in [-0.4, -0.2) is 24.5 Å². The number of nitrogens with one attached hydrogen (secondary N) is 2. The first kappa shape index (κ1) is 19.0. The fourth-order valence-electron chi connectivity index (χ4n) is 3.27. The van der Waals surface area contributed by atoms with Crippen LogP contribution in [0.15, 0.2) is 48.2 Å². The minimum Gasteiger partial charge on any atom is -0.495 e. The van der Waals surface area contributed by atoms with Crippen molar-refractivity contribution in [3.63, 3.8) is 0 Å². The topological polar surface area (TPSA) is 63.2 Å². The second-order valence-electron chi connectivity index (χ2n) is 6.87. The molecule has 1 amide bonds. The number of benzene rings is 1. The third-order valence-corrected chi connectivity index (χ3v) is 4.76. The maximum absolute atomic E-state index is 12.5. The van der Waals surface area contributed by atoms with Crippen LogP contribution in [0.25, 0.3) is 0 Å². The van der Waals surface area contributed by atoms with Gasteiger partial charge in [0.15, 0.2) is 0 Å². The molecule has 142 valence electrons. The van der Waals surface area contributed by atoms with Crippen LogP contribution in [-0.2, 0) is 0 Å². The first-order valence-corrected chi connectivity index (χ1v) is 9.49. The molecule has 1 aromatic heterocycles. The van der Waals surface area contributed by atoms with E-state index >= 15 is 0 Å². The van der Waals surface area contributed by atoms with E-state index in [2.05, 4.69) is 21.7 Å². The standard InChI is InChI=1S/C22H27N3O2/c1-16-8-9-20(27-2)19(14-16)25-21-15-18(11-13-23-21)22(26)24-12-10-17-6-4-3-5-7-17/h6,8-9,11,13-15H,3-5,7,10,12H2,1-2H3,(H,23,25)(H,24,26). The van der Waals surface area contributed by atoms with Crippen LogP contribution in [0, 0.1) is 6.92 Å². The smallest absolute Gasteiger partial charge is 0.251 e. The zero-order chi connectivity index (χ0) is 19.1. The Kier molecular flexibility index (Phi) is 6.47. The fourth-order valence-corrected chi connectivity index (χ4v) is 3.27. The number of carbonyl (C=O) groups excluding carboxylic acids is 1. The predicted molar refractivity (Wildman–Crippen MR) is 109 cm³/mol. The van der Waals surface area contributed by atoms with Gasteiger partial charge in [-0.2, -0.15) is 0 Å². The normalized spacial score (nSPS) is 13.6. The average Bonchev–Trinajstić information content (AvgIpc) is 2.69. The lowest BCUT2D eigenvalue weighted by molar-refractivity contribution is 0.0954. The van der Waals surface area contributed by atoms with Crippen molar-refractivity contribution < 1.29 is 9.53 Å². The van der Waals surface area contributed by atoms with E-state index in [-0.39, 0.29) is 5.91 Å². The molecule has 0 spiro atoms. The molecule has 1 aromatic carbocycles. The van der Waals surface area contributed by atoms with Gasteiger partial charge in [0, 0.05) is 18.3 Å². The molecule has 1 aliphatic carbocycles. The third kappa shape index (κ3) is 5.33. The number of pyridine rings is 1. The molecular weight excluding hydrogens is 338 g/mol. The molecule has 0 bridgehead atoms. The van der Waals surface area contributed by atoms with Crippen molar-refractivity contribution >= 4 is 17.4 Å². The summed E-state index contributed by atoms with van der Waals surface area (Å²) in [4.78, 5) is 16.8. The Morgan fingerprint density at radius 2 is 2.11 bits per heavy atom. The molecule has 3 rings (SSSR count). The second-order valence-corrected chi connectivity index (χ2v) is 6.87. The number of rotatable bonds is 7. The lowest BCUT2D eigenvalue weighted by Crippen LogP contribution is -2.25. The minimum atomic E-state index is -0.0759. The molecule has 0 fully saturated rings. The number of aromatic nitrogens is 1. The van der Waals surface area contributed by atoms with Gasteiger partial charge >= 0.3 is 0 Å². The lowest BCUT2D eigenvalue weighted by Gasteiger charge is -2.14. The molecule has 5 heteroatoms. The van der Waals surface area contributed by atoms with Gasteiger partial charge < -0.3 is 15.4 Å². The molecule has 1 heterocycles.